The predicted molar refractivity (Wildman–Crippen MR) is 96.7 cm³/mol. The van der Waals surface area contributed by atoms with Gasteiger partial charge in [-0.05, 0) is 35.2 Å². The predicted octanol–water partition coefficient (Wildman–Crippen LogP) is 3.91. The third-order valence-corrected chi connectivity index (χ3v) is 4.73. The second kappa shape index (κ2) is 7.79. The van der Waals surface area contributed by atoms with Gasteiger partial charge in [0.25, 0.3) is 11.5 Å². The topological polar surface area (TPSA) is 51.1 Å². The van der Waals surface area contributed by atoms with Gasteiger partial charge in [0.2, 0.25) is 0 Å². The van der Waals surface area contributed by atoms with Crippen LogP contribution in [0.2, 0.25) is 0 Å². The summed E-state index contributed by atoms with van der Waals surface area (Å²) < 4.78 is 39.5. The van der Waals surface area contributed by atoms with Crippen molar-refractivity contribution < 1.29 is 18.0 Å². The first-order valence-electron chi connectivity index (χ1n) is 8.00. The third kappa shape index (κ3) is 4.85. The van der Waals surface area contributed by atoms with E-state index in [2.05, 4.69) is 5.32 Å². The number of hydrogen-bond acceptors (Lipinski definition) is 3. The standard InChI is InChI=1S/C19H15F3N2O2S/c20-19(21,22)15-6-7-17(25)24(12-15)11-13-3-1-4-14(9-13)18(26)23-10-16-5-2-8-27-16/h1-9,12H,10-11H2,(H,23,26). The smallest absolute Gasteiger partial charge is 0.347 e. The molecule has 0 aliphatic heterocycles. The maximum atomic E-state index is 12.8. The quantitative estimate of drug-likeness (QED) is 0.716. The average Bonchev–Trinajstić information content (AvgIpc) is 3.14. The molecule has 0 bridgehead atoms. The fourth-order valence-electron chi connectivity index (χ4n) is 2.51. The minimum Gasteiger partial charge on any atom is -0.347 e. The molecule has 0 saturated carbocycles. The van der Waals surface area contributed by atoms with Gasteiger partial charge in [0.15, 0.2) is 0 Å². The SMILES string of the molecule is O=C(NCc1cccs1)c1cccc(Cn2cc(C(F)(F)F)ccc2=O)c1. The van der Waals surface area contributed by atoms with Crippen LogP contribution in [0, 0.1) is 0 Å². The normalized spacial score (nSPS) is 11.4. The molecule has 4 nitrogen and oxygen atoms in total. The number of benzene rings is 1. The van der Waals surface area contributed by atoms with Crippen molar-refractivity contribution in [3.05, 3.63) is 92.0 Å². The Morgan fingerprint density at radius 2 is 1.93 bits per heavy atom. The molecule has 0 atom stereocenters. The summed E-state index contributed by atoms with van der Waals surface area (Å²) in [5.41, 5.74) is -0.508. The average molecular weight is 392 g/mol. The lowest BCUT2D eigenvalue weighted by Crippen LogP contribution is -2.23. The number of aromatic nitrogens is 1. The first-order valence-corrected chi connectivity index (χ1v) is 8.88. The zero-order chi connectivity index (χ0) is 19.4. The fraction of sp³-hybridized carbons (Fsp3) is 0.158. The van der Waals surface area contributed by atoms with Crippen molar-refractivity contribution in [2.45, 2.75) is 19.3 Å². The summed E-state index contributed by atoms with van der Waals surface area (Å²) in [5.74, 6) is -0.290. The highest BCUT2D eigenvalue weighted by Gasteiger charge is 2.31. The number of amides is 1. The van der Waals surface area contributed by atoms with Crippen LogP contribution in [-0.4, -0.2) is 10.5 Å². The molecule has 8 heteroatoms. The highest BCUT2D eigenvalue weighted by Crippen LogP contribution is 2.28. The van der Waals surface area contributed by atoms with E-state index in [1.807, 2.05) is 17.5 Å². The summed E-state index contributed by atoms with van der Waals surface area (Å²) in [6.45, 7) is 0.336. The molecule has 1 aromatic carbocycles. The fourth-order valence-corrected chi connectivity index (χ4v) is 3.16. The van der Waals surface area contributed by atoms with Crippen molar-refractivity contribution in [2.75, 3.05) is 0 Å². The number of carbonyl (C=O) groups excluding carboxylic acids is 1. The number of nitrogens with one attached hydrogen (secondary N) is 1. The molecule has 1 amide bonds. The first kappa shape index (κ1) is 18.9. The number of carbonyl (C=O) groups is 1. The van der Waals surface area contributed by atoms with E-state index in [4.69, 9.17) is 0 Å². The van der Waals surface area contributed by atoms with Crippen molar-refractivity contribution in [3.8, 4) is 0 Å². The molecular formula is C19H15F3N2O2S. The van der Waals surface area contributed by atoms with E-state index in [9.17, 15) is 22.8 Å². The van der Waals surface area contributed by atoms with Gasteiger partial charge < -0.3 is 9.88 Å². The Balaban J connectivity index is 1.76. The summed E-state index contributed by atoms with van der Waals surface area (Å²) in [7, 11) is 0. The molecule has 0 aliphatic rings. The molecule has 1 N–H and O–H groups in total. The number of alkyl halides is 3. The largest absolute Gasteiger partial charge is 0.417 e. The van der Waals surface area contributed by atoms with Crippen molar-refractivity contribution in [3.63, 3.8) is 0 Å². The minimum atomic E-state index is -4.53. The van der Waals surface area contributed by atoms with Crippen molar-refractivity contribution in [2.24, 2.45) is 0 Å². The van der Waals surface area contributed by atoms with Gasteiger partial charge in [-0.2, -0.15) is 13.2 Å². The van der Waals surface area contributed by atoms with Gasteiger partial charge in [-0.25, -0.2) is 0 Å². The van der Waals surface area contributed by atoms with Gasteiger partial charge in [-0.15, -0.1) is 11.3 Å². The van der Waals surface area contributed by atoms with Gasteiger partial charge in [0.05, 0.1) is 18.7 Å². The van der Waals surface area contributed by atoms with Gasteiger partial charge >= 0.3 is 6.18 Å². The Morgan fingerprint density at radius 1 is 1.11 bits per heavy atom. The lowest BCUT2D eigenvalue weighted by molar-refractivity contribution is -0.138. The number of thiophene rings is 1. The Labute approximate surface area is 156 Å². The molecular weight excluding hydrogens is 377 g/mol. The minimum absolute atomic E-state index is 0.0607. The number of nitrogens with zero attached hydrogens (tertiary/aromatic N) is 1. The molecule has 3 aromatic rings. The molecule has 0 spiro atoms. The maximum Gasteiger partial charge on any atom is 0.417 e. The molecule has 3 rings (SSSR count). The van der Waals surface area contributed by atoms with Crippen LogP contribution >= 0.6 is 11.3 Å². The van der Waals surface area contributed by atoms with E-state index >= 15 is 0 Å². The van der Waals surface area contributed by atoms with Crippen molar-refractivity contribution in [1.82, 2.24) is 9.88 Å². The van der Waals surface area contributed by atoms with E-state index < -0.39 is 17.3 Å². The summed E-state index contributed by atoms with van der Waals surface area (Å²) in [4.78, 5) is 25.2. The summed E-state index contributed by atoms with van der Waals surface area (Å²) >= 11 is 1.53. The molecule has 0 fully saturated rings. The number of rotatable bonds is 5. The molecule has 0 aliphatic carbocycles. The Kier molecular flexibility index (Phi) is 5.46. The highest BCUT2D eigenvalue weighted by molar-refractivity contribution is 7.09. The van der Waals surface area contributed by atoms with Crippen molar-refractivity contribution in [1.29, 1.82) is 0 Å². The summed E-state index contributed by atoms with van der Waals surface area (Å²) in [6.07, 6.45) is -3.75. The van der Waals surface area contributed by atoms with E-state index in [0.717, 1.165) is 27.8 Å². The number of halogens is 3. The lowest BCUT2D eigenvalue weighted by Gasteiger charge is -2.11. The van der Waals surface area contributed by atoms with Crippen molar-refractivity contribution >= 4 is 17.2 Å². The van der Waals surface area contributed by atoms with Crippen LogP contribution in [0.25, 0.3) is 0 Å². The van der Waals surface area contributed by atoms with Crippen LogP contribution < -0.4 is 10.9 Å². The molecule has 0 saturated heterocycles. The molecule has 0 unspecified atom stereocenters. The Hall–Kier alpha value is -2.87. The van der Waals surface area contributed by atoms with Gasteiger partial charge in [0, 0.05) is 22.7 Å². The molecule has 27 heavy (non-hydrogen) atoms. The third-order valence-electron chi connectivity index (χ3n) is 3.86. The number of pyridine rings is 1. The van der Waals surface area contributed by atoms with Crippen LogP contribution in [0.3, 0.4) is 0 Å². The lowest BCUT2D eigenvalue weighted by atomic mass is 10.1. The summed E-state index contributed by atoms with van der Waals surface area (Å²) in [5, 5.41) is 4.70. The zero-order valence-corrected chi connectivity index (χ0v) is 14.8. The number of hydrogen-bond donors (Lipinski definition) is 1. The van der Waals surface area contributed by atoms with Gasteiger partial charge in [-0.3, -0.25) is 9.59 Å². The van der Waals surface area contributed by atoms with Crippen LogP contribution in [0.5, 0.6) is 0 Å². The van der Waals surface area contributed by atoms with E-state index in [-0.39, 0.29) is 12.5 Å². The van der Waals surface area contributed by atoms with Crippen LogP contribution in [0.1, 0.15) is 26.4 Å². The second-order valence-corrected chi connectivity index (χ2v) is 6.88. The molecule has 0 radical (unpaired) electrons. The zero-order valence-electron chi connectivity index (χ0n) is 14.0. The monoisotopic (exact) mass is 392 g/mol. The first-order chi connectivity index (χ1) is 12.8. The van der Waals surface area contributed by atoms with Crippen LogP contribution in [0.4, 0.5) is 13.2 Å². The van der Waals surface area contributed by atoms with Crippen LogP contribution in [0.15, 0.2) is 64.9 Å². The maximum absolute atomic E-state index is 12.8. The molecule has 2 heterocycles. The van der Waals surface area contributed by atoms with Gasteiger partial charge in [0.1, 0.15) is 0 Å². The van der Waals surface area contributed by atoms with E-state index in [0.29, 0.717) is 17.7 Å². The highest BCUT2D eigenvalue weighted by atomic mass is 32.1. The summed E-state index contributed by atoms with van der Waals surface area (Å²) in [6, 6.07) is 11.9. The Morgan fingerprint density at radius 3 is 2.63 bits per heavy atom. The molecule has 2 aromatic heterocycles. The van der Waals surface area contributed by atoms with Crippen LogP contribution in [-0.2, 0) is 19.3 Å². The molecule has 140 valence electrons. The van der Waals surface area contributed by atoms with Gasteiger partial charge in [-0.1, -0.05) is 18.2 Å². The Bertz CT molecular complexity index is 995. The van der Waals surface area contributed by atoms with E-state index in [1.165, 1.54) is 11.3 Å². The second-order valence-electron chi connectivity index (χ2n) is 5.84. The van der Waals surface area contributed by atoms with E-state index in [1.54, 1.807) is 24.3 Å².